The summed E-state index contributed by atoms with van der Waals surface area (Å²) in [6.45, 7) is 4.97. The van der Waals surface area contributed by atoms with Gasteiger partial charge in [-0.15, -0.1) is 11.6 Å². The average molecular weight is 294 g/mol. The van der Waals surface area contributed by atoms with Gasteiger partial charge in [0.2, 0.25) is 0 Å². The summed E-state index contributed by atoms with van der Waals surface area (Å²) in [4.78, 5) is 12.0. The molecule has 1 aromatic rings. The van der Waals surface area contributed by atoms with E-state index in [0.717, 1.165) is 12.1 Å². The normalized spacial score (nSPS) is 14.1. The topological polar surface area (TPSA) is 29.1 Å². The third-order valence-corrected chi connectivity index (χ3v) is 3.45. The minimum atomic E-state index is -4.56. The number of nitrogens with one attached hydrogen (secondary N) is 1. The average Bonchev–Trinajstić information content (AvgIpc) is 2.27. The van der Waals surface area contributed by atoms with Gasteiger partial charge in [-0.05, 0) is 32.9 Å². The fourth-order valence-corrected chi connectivity index (χ4v) is 1.44. The molecule has 0 heterocycles. The maximum Gasteiger partial charge on any atom is 0.417 e. The molecule has 0 bridgehead atoms. The largest absolute Gasteiger partial charge is 0.417 e. The lowest BCUT2D eigenvalue weighted by atomic mass is 9.99. The summed E-state index contributed by atoms with van der Waals surface area (Å²) in [7, 11) is 0. The fourth-order valence-electron chi connectivity index (χ4n) is 1.39. The van der Waals surface area contributed by atoms with Crippen LogP contribution in [-0.4, -0.2) is 16.8 Å². The first kappa shape index (κ1) is 15.8. The molecule has 2 nitrogen and oxygen atoms in total. The minimum Gasteiger partial charge on any atom is -0.346 e. The molecule has 1 rings (SSSR count). The maximum atomic E-state index is 12.8. The number of hydrogen-bond donors (Lipinski definition) is 1. The van der Waals surface area contributed by atoms with Crippen LogP contribution in [0.1, 0.15) is 36.7 Å². The summed E-state index contributed by atoms with van der Waals surface area (Å²) in [6, 6.07) is 4.66. The Morgan fingerprint density at radius 2 is 1.79 bits per heavy atom. The molecular formula is C13H15ClF3NO. The summed E-state index contributed by atoms with van der Waals surface area (Å²) >= 11 is 5.89. The molecule has 19 heavy (non-hydrogen) atoms. The molecule has 0 radical (unpaired) electrons. The monoisotopic (exact) mass is 293 g/mol. The molecule has 0 aliphatic heterocycles. The molecule has 0 saturated carbocycles. The third-order valence-electron chi connectivity index (χ3n) is 2.91. The van der Waals surface area contributed by atoms with Crippen LogP contribution in [0.3, 0.4) is 0 Å². The molecule has 1 aromatic carbocycles. The van der Waals surface area contributed by atoms with Crippen LogP contribution in [0.2, 0.25) is 0 Å². The van der Waals surface area contributed by atoms with E-state index >= 15 is 0 Å². The Morgan fingerprint density at radius 1 is 1.26 bits per heavy atom. The molecule has 1 unspecified atom stereocenters. The van der Waals surface area contributed by atoms with E-state index in [1.807, 2.05) is 0 Å². The molecule has 6 heteroatoms. The highest BCUT2D eigenvalue weighted by Crippen LogP contribution is 2.32. The number of rotatable bonds is 3. The van der Waals surface area contributed by atoms with Gasteiger partial charge in [0.1, 0.15) is 0 Å². The molecule has 1 atom stereocenters. The highest BCUT2D eigenvalue weighted by molar-refractivity contribution is 6.21. The van der Waals surface area contributed by atoms with Gasteiger partial charge >= 0.3 is 6.18 Å². The van der Waals surface area contributed by atoms with E-state index in [0.29, 0.717) is 0 Å². The van der Waals surface area contributed by atoms with Gasteiger partial charge in [-0.2, -0.15) is 13.2 Å². The first-order valence-corrected chi connectivity index (χ1v) is 6.12. The van der Waals surface area contributed by atoms with Crippen LogP contribution in [0.25, 0.3) is 0 Å². The van der Waals surface area contributed by atoms with Crippen molar-refractivity contribution in [2.24, 2.45) is 0 Å². The summed E-state index contributed by atoms with van der Waals surface area (Å²) in [5, 5.41) is 2.09. The van der Waals surface area contributed by atoms with Crippen molar-refractivity contribution < 1.29 is 18.0 Å². The molecule has 1 amide bonds. The van der Waals surface area contributed by atoms with E-state index in [-0.39, 0.29) is 0 Å². The number of alkyl halides is 4. The summed E-state index contributed by atoms with van der Waals surface area (Å²) in [6.07, 6.45) is -4.56. The standard InChI is InChI=1S/C13H15ClF3NO/c1-8(14)12(2,3)18-11(19)9-6-4-5-7-10(9)13(15,16)17/h4-8H,1-3H3,(H,18,19). The highest BCUT2D eigenvalue weighted by Gasteiger charge is 2.36. The highest BCUT2D eigenvalue weighted by atomic mass is 35.5. The Morgan fingerprint density at radius 3 is 2.26 bits per heavy atom. The summed E-state index contributed by atoms with van der Waals surface area (Å²) < 4.78 is 38.4. The molecule has 0 aliphatic carbocycles. The molecular weight excluding hydrogens is 279 g/mol. The second-order valence-corrected chi connectivity index (χ2v) is 5.49. The molecule has 0 spiro atoms. The smallest absolute Gasteiger partial charge is 0.346 e. The van der Waals surface area contributed by atoms with Crippen molar-refractivity contribution in [3.63, 3.8) is 0 Å². The zero-order valence-electron chi connectivity index (χ0n) is 10.8. The minimum absolute atomic E-state index is 0.402. The number of amides is 1. The van der Waals surface area contributed by atoms with Crippen molar-refractivity contribution in [2.75, 3.05) is 0 Å². The van der Waals surface area contributed by atoms with Crippen LogP contribution in [0.5, 0.6) is 0 Å². The lowest BCUT2D eigenvalue weighted by molar-refractivity contribution is -0.137. The zero-order chi connectivity index (χ0) is 14.8. The Kier molecular flexibility index (Phi) is 4.50. The van der Waals surface area contributed by atoms with Crippen LogP contribution >= 0.6 is 11.6 Å². The predicted octanol–water partition coefficient (Wildman–Crippen LogP) is 3.84. The van der Waals surface area contributed by atoms with E-state index in [9.17, 15) is 18.0 Å². The number of carbonyl (C=O) groups excluding carboxylic acids is 1. The Balaban J connectivity index is 3.08. The number of halogens is 4. The van der Waals surface area contributed by atoms with Gasteiger partial charge in [0.05, 0.1) is 22.0 Å². The van der Waals surface area contributed by atoms with Crippen LogP contribution in [0, 0.1) is 0 Å². The quantitative estimate of drug-likeness (QED) is 0.843. The van der Waals surface area contributed by atoms with Crippen LogP contribution < -0.4 is 5.32 Å². The fraction of sp³-hybridized carbons (Fsp3) is 0.462. The molecule has 0 saturated heterocycles. The van der Waals surface area contributed by atoms with E-state index in [2.05, 4.69) is 5.32 Å². The van der Waals surface area contributed by atoms with Gasteiger partial charge in [-0.1, -0.05) is 12.1 Å². The summed E-state index contributed by atoms with van der Waals surface area (Å²) in [5.41, 5.74) is -2.16. The van der Waals surface area contributed by atoms with E-state index < -0.39 is 34.1 Å². The second kappa shape index (κ2) is 5.41. The van der Waals surface area contributed by atoms with Gasteiger partial charge in [0, 0.05) is 0 Å². The Hall–Kier alpha value is -1.23. The Labute approximate surface area is 114 Å². The number of benzene rings is 1. The summed E-state index contributed by atoms with van der Waals surface area (Å²) in [5.74, 6) is -0.787. The van der Waals surface area contributed by atoms with Crippen molar-refractivity contribution in [3.05, 3.63) is 35.4 Å². The van der Waals surface area contributed by atoms with Gasteiger partial charge in [-0.3, -0.25) is 4.79 Å². The molecule has 1 N–H and O–H groups in total. The van der Waals surface area contributed by atoms with Crippen LogP contribution in [-0.2, 0) is 6.18 Å². The van der Waals surface area contributed by atoms with Gasteiger partial charge in [-0.25, -0.2) is 0 Å². The molecule has 0 aliphatic rings. The first-order valence-electron chi connectivity index (χ1n) is 5.68. The van der Waals surface area contributed by atoms with Crippen molar-refractivity contribution >= 4 is 17.5 Å². The second-order valence-electron chi connectivity index (χ2n) is 4.84. The predicted molar refractivity (Wildman–Crippen MR) is 68.3 cm³/mol. The maximum absolute atomic E-state index is 12.8. The number of carbonyl (C=O) groups is 1. The Bertz CT molecular complexity index is 469. The lowest BCUT2D eigenvalue weighted by Gasteiger charge is -2.29. The lowest BCUT2D eigenvalue weighted by Crippen LogP contribution is -2.49. The zero-order valence-corrected chi connectivity index (χ0v) is 11.6. The molecule has 0 aromatic heterocycles. The van der Waals surface area contributed by atoms with Gasteiger partial charge < -0.3 is 5.32 Å². The SMILES string of the molecule is CC(Cl)C(C)(C)NC(=O)c1ccccc1C(F)(F)F. The van der Waals surface area contributed by atoms with Crippen molar-refractivity contribution in [2.45, 2.75) is 37.9 Å². The van der Waals surface area contributed by atoms with Gasteiger partial charge in [0.15, 0.2) is 0 Å². The van der Waals surface area contributed by atoms with Crippen LogP contribution in [0.4, 0.5) is 13.2 Å². The van der Waals surface area contributed by atoms with Gasteiger partial charge in [0.25, 0.3) is 5.91 Å². The molecule has 0 fully saturated rings. The first-order chi connectivity index (χ1) is 8.55. The van der Waals surface area contributed by atoms with Crippen molar-refractivity contribution in [1.82, 2.24) is 5.32 Å². The van der Waals surface area contributed by atoms with E-state index in [1.54, 1.807) is 20.8 Å². The molecule has 106 valence electrons. The van der Waals surface area contributed by atoms with E-state index in [4.69, 9.17) is 11.6 Å². The van der Waals surface area contributed by atoms with Crippen molar-refractivity contribution in [3.8, 4) is 0 Å². The van der Waals surface area contributed by atoms with E-state index in [1.165, 1.54) is 12.1 Å². The van der Waals surface area contributed by atoms with Crippen molar-refractivity contribution in [1.29, 1.82) is 0 Å². The number of hydrogen-bond acceptors (Lipinski definition) is 1. The third kappa shape index (κ3) is 3.86. The van der Waals surface area contributed by atoms with Crippen LogP contribution in [0.15, 0.2) is 24.3 Å².